The Morgan fingerprint density at radius 3 is 2.60 bits per heavy atom. The number of allylic oxidation sites excluding steroid dienone is 6. The normalized spacial score (nSPS) is 22.8. The van der Waals surface area contributed by atoms with Gasteiger partial charge >= 0.3 is 0 Å². The van der Waals surface area contributed by atoms with Crippen LogP contribution >= 0.6 is 0 Å². The highest BCUT2D eigenvalue weighted by atomic mass is 14.3. The highest BCUT2D eigenvalue weighted by Crippen LogP contribution is 2.46. The third-order valence-electron chi connectivity index (χ3n) is 5.61. The van der Waals surface area contributed by atoms with E-state index in [-0.39, 0.29) is 0 Å². The predicted octanol–water partition coefficient (Wildman–Crippen LogP) is 5.23. The molecular weight excluding hydrogens is 240 g/mol. The van der Waals surface area contributed by atoms with Gasteiger partial charge in [0.05, 0.1) is 0 Å². The summed E-state index contributed by atoms with van der Waals surface area (Å²) in [5.74, 6) is 0. The molecule has 5 rings (SSSR count). The van der Waals surface area contributed by atoms with Crippen LogP contribution < -0.4 is 0 Å². The molecule has 0 atom stereocenters. The minimum Gasteiger partial charge on any atom is -0.0839 e. The fourth-order valence-electron chi connectivity index (χ4n) is 4.66. The summed E-state index contributed by atoms with van der Waals surface area (Å²) in [6, 6.07) is 5.09. The van der Waals surface area contributed by atoms with Crippen LogP contribution in [0.15, 0.2) is 35.4 Å². The summed E-state index contributed by atoms with van der Waals surface area (Å²) in [5, 5.41) is 0. The molecule has 1 aromatic carbocycles. The third kappa shape index (κ3) is 1.43. The Morgan fingerprint density at radius 2 is 1.60 bits per heavy atom. The van der Waals surface area contributed by atoms with Gasteiger partial charge < -0.3 is 0 Å². The largest absolute Gasteiger partial charge is 0.0839 e. The van der Waals surface area contributed by atoms with Crippen LogP contribution in [-0.2, 0) is 12.8 Å². The zero-order chi connectivity index (χ0) is 13.1. The summed E-state index contributed by atoms with van der Waals surface area (Å²) in [5.41, 5.74) is 13.1. The highest BCUT2D eigenvalue weighted by molar-refractivity contribution is 5.85. The Morgan fingerprint density at radius 1 is 0.750 bits per heavy atom. The smallest absolute Gasteiger partial charge is 0.00168 e. The number of hydrogen-bond acceptors (Lipinski definition) is 0. The van der Waals surface area contributed by atoms with E-state index in [1.165, 1.54) is 51.4 Å². The van der Waals surface area contributed by atoms with Gasteiger partial charge in [-0.3, -0.25) is 0 Å². The monoisotopic (exact) mass is 260 g/mol. The molecule has 20 heavy (non-hydrogen) atoms. The second kappa shape index (κ2) is 3.97. The molecule has 0 aromatic heterocycles. The maximum absolute atomic E-state index is 2.56. The van der Waals surface area contributed by atoms with E-state index in [9.17, 15) is 0 Å². The Labute approximate surface area is 120 Å². The first kappa shape index (κ1) is 11.1. The van der Waals surface area contributed by atoms with Crippen molar-refractivity contribution in [1.29, 1.82) is 0 Å². The summed E-state index contributed by atoms with van der Waals surface area (Å²) < 4.78 is 0. The second-order valence-electron chi connectivity index (χ2n) is 6.75. The van der Waals surface area contributed by atoms with Crippen LogP contribution in [0.5, 0.6) is 0 Å². The summed E-state index contributed by atoms with van der Waals surface area (Å²) in [6.45, 7) is 0. The summed E-state index contributed by atoms with van der Waals surface area (Å²) >= 11 is 0. The van der Waals surface area contributed by atoms with Gasteiger partial charge in [0.15, 0.2) is 0 Å². The number of rotatable bonds is 0. The molecule has 0 aliphatic heterocycles. The average molecular weight is 260 g/mol. The summed E-state index contributed by atoms with van der Waals surface area (Å²) in [7, 11) is 0. The molecule has 1 aromatic rings. The van der Waals surface area contributed by atoms with Gasteiger partial charge in [0.1, 0.15) is 0 Å². The molecule has 0 heterocycles. The van der Waals surface area contributed by atoms with Crippen LogP contribution in [-0.4, -0.2) is 0 Å². The molecule has 0 amide bonds. The molecule has 0 nitrogen and oxygen atoms in total. The lowest BCUT2D eigenvalue weighted by Gasteiger charge is -2.15. The van der Waals surface area contributed by atoms with Crippen molar-refractivity contribution in [3.05, 3.63) is 57.7 Å². The molecule has 4 aliphatic rings. The van der Waals surface area contributed by atoms with Crippen molar-refractivity contribution in [2.45, 2.75) is 51.4 Å². The number of benzene rings is 1. The van der Waals surface area contributed by atoms with Crippen LogP contribution in [0.25, 0.3) is 11.1 Å². The topological polar surface area (TPSA) is 0 Å². The van der Waals surface area contributed by atoms with Gasteiger partial charge in [-0.1, -0.05) is 23.8 Å². The van der Waals surface area contributed by atoms with Crippen molar-refractivity contribution in [2.75, 3.05) is 0 Å². The average Bonchev–Trinajstić information content (AvgIpc) is 3.02. The van der Waals surface area contributed by atoms with E-state index in [0.717, 1.165) is 0 Å². The Kier molecular flexibility index (Phi) is 2.21. The van der Waals surface area contributed by atoms with Crippen LogP contribution in [0.4, 0.5) is 0 Å². The van der Waals surface area contributed by atoms with Crippen LogP contribution in [0, 0.1) is 0 Å². The van der Waals surface area contributed by atoms with Gasteiger partial charge in [0.2, 0.25) is 0 Å². The number of fused-ring (bicyclic) bond motifs is 4. The lowest BCUT2D eigenvalue weighted by molar-refractivity contribution is 0.711. The Bertz CT molecular complexity index is 710. The molecule has 0 fully saturated rings. The van der Waals surface area contributed by atoms with Gasteiger partial charge in [-0.05, 0) is 96.4 Å². The van der Waals surface area contributed by atoms with E-state index >= 15 is 0 Å². The first-order valence-electron chi connectivity index (χ1n) is 8.16. The molecule has 0 saturated carbocycles. The van der Waals surface area contributed by atoms with Crippen molar-refractivity contribution in [3.63, 3.8) is 0 Å². The zero-order valence-corrected chi connectivity index (χ0v) is 12.0. The highest BCUT2D eigenvalue weighted by Gasteiger charge is 2.28. The minimum absolute atomic E-state index is 1.18. The fourth-order valence-corrected chi connectivity index (χ4v) is 4.66. The standard InChI is InChI=1S/C20H20/c1-3-7-17-13(5-1)9-15-11-16-10-14-6-2-4-8-18(14)20(16)12-19(15)17/h1,5,11-12H,2-4,6-10H2. The number of hydrogen-bond donors (Lipinski definition) is 0. The fraction of sp³-hybridized carbons (Fsp3) is 0.400. The van der Waals surface area contributed by atoms with Gasteiger partial charge in [-0.15, -0.1) is 0 Å². The molecule has 0 unspecified atom stereocenters. The van der Waals surface area contributed by atoms with Crippen molar-refractivity contribution in [1.82, 2.24) is 0 Å². The molecule has 100 valence electrons. The summed E-state index contributed by atoms with van der Waals surface area (Å²) in [6.07, 6.45) is 15.1. The van der Waals surface area contributed by atoms with Gasteiger partial charge in [0.25, 0.3) is 0 Å². The minimum atomic E-state index is 1.18. The van der Waals surface area contributed by atoms with Crippen molar-refractivity contribution >= 4 is 11.1 Å². The Balaban J connectivity index is 1.67. The van der Waals surface area contributed by atoms with E-state index in [0.29, 0.717) is 0 Å². The first-order chi connectivity index (χ1) is 9.90. The quantitative estimate of drug-likeness (QED) is 0.599. The van der Waals surface area contributed by atoms with E-state index in [4.69, 9.17) is 0 Å². The van der Waals surface area contributed by atoms with Gasteiger partial charge in [-0.2, -0.15) is 0 Å². The van der Waals surface area contributed by atoms with E-state index in [2.05, 4.69) is 24.3 Å². The molecular formula is C20H20. The molecule has 0 spiro atoms. The maximum atomic E-state index is 2.56. The molecule has 0 N–H and O–H groups in total. The van der Waals surface area contributed by atoms with Crippen LogP contribution in [0.2, 0.25) is 0 Å². The maximum Gasteiger partial charge on any atom is -0.00168 e. The lowest BCUT2D eigenvalue weighted by Crippen LogP contribution is -1.94. The Hall–Kier alpha value is -1.56. The molecule has 0 radical (unpaired) electrons. The molecule has 0 heteroatoms. The van der Waals surface area contributed by atoms with E-state index in [1.54, 1.807) is 44.5 Å². The lowest BCUT2D eigenvalue weighted by atomic mass is 9.90. The van der Waals surface area contributed by atoms with Crippen molar-refractivity contribution in [2.24, 2.45) is 0 Å². The van der Waals surface area contributed by atoms with Gasteiger partial charge in [0, 0.05) is 0 Å². The SMILES string of the molecule is C1=CC2=C(CC1)c1cc3c(cc1C2)CC1=C3CCCC1. The molecule has 4 aliphatic carbocycles. The van der Waals surface area contributed by atoms with Crippen molar-refractivity contribution < 1.29 is 0 Å². The van der Waals surface area contributed by atoms with E-state index < -0.39 is 0 Å². The summed E-state index contributed by atoms with van der Waals surface area (Å²) in [4.78, 5) is 0. The van der Waals surface area contributed by atoms with Crippen LogP contribution in [0.1, 0.15) is 60.8 Å². The zero-order valence-electron chi connectivity index (χ0n) is 12.0. The first-order valence-corrected chi connectivity index (χ1v) is 8.16. The molecule has 0 saturated heterocycles. The second-order valence-corrected chi connectivity index (χ2v) is 6.75. The van der Waals surface area contributed by atoms with Crippen LogP contribution in [0.3, 0.4) is 0 Å². The predicted molar refractivity (Wildman–Crippen MR) is 84.5 cm³/mol. The van der Waals surface area contributed by atoms with Gasteiger partial charge in [-0.25, -0.2) is 0 Å². The third-order valence-corrected chi connectivity index (χ3v) is 5.61. The van der Waals surface area contributed by atoms with Crippen molar-refractivity contribution in [3.8, 4) is 0 Å². The molecule has 0 bridgehead atoms. The van der Waals surface area contributed by atoms with E-state index in [1.807, 2.05) is 0 Å².